The number of pyridine rings is 1. The van der Waals surface area contributed by atoms with Crippen LogP contribution in [0.15, 0.2) is 47.4 Å². The average Bonchev–Trinajstić information content (AvgIpc) is 3.14. The molecule has 7 nitrogen and oxygen atoms in total. The molecule has 0 aliphatic rings. The maximum absolute atomic E-state index is 12.3. The van der Waals surface area contributed by atoms with Crippen molar-refractivity contribution in [3.63, 3.8) is 0 Å². The van der Waals surface area contributed by atoms with Gasteiger partial charge in [0.25, 0.3) is 0 Å². The zero-order chi connectivity index (χ0) is 23.6. The van der Waals surface area contributed by atoms with Gasteiger partial charge in [-0.1, -0.05) is 56.2 Å². The van der Waals surface area contributed by atoms with Crippen molar-refractivity contribution < 1.29 is 19.4 Å². The van der Waals surface area contributed by atoms with Crippen LogP contribution >= 0.6 is 11.3 Å². The molecular weight excluding hydrogens is 440 g/mol. The minimum absolute atomic E-state index is 0.0865. The fourth-order valence-corrected chi connectivity index (χ4v) is 4.06. The lowest BCUT2D eigenvalue weighted by Gasteiger charge is -2.19. The van der Waals surface area contributed by atoms with Crippen molar-refractivity contribution >= 4 is 17.3 Å². The van der Waals surface area contributed by atoms with Crippen molar-refractivity contribution in [1.29, 1.82) is 0 Å². The second kappa shape index (κ2) is 12.2. The monoisotopic (exact) mass is 470 g/mol. The predicted octanol–water partition coefficient (Wildman–Crippen LogP) is 4.93. The van der Waals surface area contributed by atoms with Gasteiger partial charge in [0.2, 0.25) is 5.88 Å². The number of benzene rings is 1. The van der Waals surface area contributed by atoms with Gasteiger partial charge in [0.05, 0.1) is 4.88 Å². The fraction of sp³-hybridized carbons (Fsp3) is 0.400. The summed E-state index contributed by atoms with van der Waals surface area (Å²) in [7, 11) is 0. The molecule has 0 radical (unpaired) electrons. The molecule has 3 rings (SSSR count). The molecule has 0 saturated carbocycles. The zero-order valence-corrected chi connectivity index (χ0v) is 19.8. The maximum atomic E-state index is 12.3. The Hall–Kier alpha value is -3.13. The molecule has 1 aromatic carbocycles. The van der Waals surface area contributed by atoms with E-state index in [9.17, 15) is 14.7 Å². The topological polar surface area (TPSA) is 102 Å². The van der Waals surface area contributed by atoms with Gasteiger partial charge in [-0.2, -0.15) is 0 Å². The Morgan fingerprint density at radius 2 is 1.94 bits per heavy atom. The number of nitrogens with zero attached hydrogens (tertiary/aromatic N) is 1. The molecule has 8 heteroatoms. The predicted molar refractivity (Wildman–Crippen MR) is 128 cm³/mol. The third kappa shape index (κ3) is 7.46. The van der Waals surface area contributed by atoms with Crippen molar-refractivity contribution in [3.8, 4) is 11.6 Å². The second-order valence-electron chi connectivity index (χ2n) is 7.79. The van der Waals surface area contributed by atoms with Crippen LogP contribution in [0.25, 0.3) is 0 Å². The molecule has 0 amide bonds. The first-order valence-electron chi connectivity index (χ1n) is 11.3. The molecule has 176 valence electrons. The van der Waals surface area contributed by atoms with Gasteiger partial charge in [-0.3, -0.25) is 19.6 Å². The number of aromatic hydroxyl groups is 1. The summed E-state index contributed by atoms with van der Waals surface area (Å²) in [5.41, 5.74) is 2.71. The van der Waals surface area contributed by atoms with E-state index >= 15 is 0 Å². The van der Waals surface area contributed by atoms with Crippen LogP contribution in [0.1, 0.15) is 67.3 Å². The van der Waals surface area contributed by atoms with E-state index in [4.69, 9.17) is 9.47 Å². The number of carbonyl (C=O) groups is 1. The summed E-state index contributed by atoms with van der Waals surface area (Å²) in [6.45, 7) is 4.31. The van der Waals surface area contributed by atoms with Crippen LogP contribution in [0.3, 0.4) is 0 Å². The number of carbonyl (C=O) groups excluding carboxylic acids is 1. The molecule has 0 bridgehead atoms. The minimum Gasteiger partial charge on any atom is -0.494 e. The summed E-state index contributed by atoms with van der Waals surface area (Å²) in [4.78, 5) is 30.8. The molecule has 1 atom stereocenters. The molecule has 0 unspecified atom stereocenters. The van der Waals surface area contributed by atoms with Gasteiger partial charge in [0, 0.05) is 30.3 Å². The number of hydrogen-bond donors (Lipinski definition) is 2. The van der Waals surface area contributed by atoms with Crippen LogP contribution in [0.2, 0.25) is 0 Å². The highest BCUT2D eigenvalue weighted by atomic mass is 32.1. The third-order valence-corrected chi connectivity index (χ3v) is 6.10. The number of aromatic nitrogens is 2. The third-order valence-electron chi connectivity index (χ3n) is 5.23. The van der Waals surface area contributed by atoms with Gasteiger partial charge >= 0.3 is 10.8 Å². The summed E-state index contributed by atoms with van der Waals surface area (Å²) in [6.07, 6.45) is 5.70. The van der Waals surface area contributed by atoms with E-state index in [1.54, 1.807) is 6.20 Å². The van der Waals surface area contributed by atoms with Crippen molar-refractivity contribution in [2.45, 2.75) is 58.5 Å². The summed E-state index contributed by atoms with van der Waals surface area (Å²) in [5.74, 6) is 0.310. The van der Waals surface area contributed by atoms with E-state index < -0.39 is 6.10 Å². The van der Waals surface area contributed by atoms with E-state index in [1.165, 1.54) is 0 Å². The summed E-state index contributed by atoms with van der Waals surface area (Å²) >= 11 is 0.994. The zero-order valence-electron chi connectivity index (χ0n) is 19.0. The Bertz CT molecular complexity index is 1070. The summed E-state index contributed by atoms with van der Waals surface area (Å²) < 4.78 is 11.7. The molecular formula is C25H30N2O5S. The Kier molecular flexibility index (Phi) is 9.06. The van der Waals surface area contributed by atoms with Gasteiger partial charge in [0.1, 0.15) is 12.4 Å². The number of H-pyrrole nitrogens is 1. The van der Waals surface area contributed by atoms with Crippen molar-refractivity contribution in [3.05, 3.63) is 74.0 Å². The van der Waals surface area contributed by atoms with E-state index in [0.29, 0.717) is 23.5 Å². The normalized spacial score (nSPS) is 11.8. The smallest absolute Gasteiger partial charge is 0.307 e. The van der Waals surface area contributed by atoms with Crippen LogP contribution in [-0.4, -0.2) is 27.7 Å². The quantitative estimate of drug-likeness (QED) is 0.287. The molecule has 0 spiro atoms. The molecule has 2 aromatic heterocycles. The average molecular weight is 471 g/mol. The number of ether oxygens (including phenoxy) is 2. The van der Waals surface area contributed by atoms with Crippen LogP contribution in [0.4, 0.5) is 0 Å². The molecule has 0 fully saturated rings. The molecule has 33 heavy (non-hydrogen) atoms. The highest BCUT2D eigenvalue weighted by Gasteiger charge is 2.18. The van der Waals surface area contributed by atoms with Gasteiger partial charge in [-0.05, 0) is 36.6 Å². The van der Waals surface area contributed by atoms with Crippen molar-refractivity contribution in [1.82, 2.24) is 9.97 Å². The molecule has 2 heterocycles. The van der Waals surface area contributed by atoms with Crippen LogP contribution < -0.4 is 9.61 Å². The van der Waals surface area contributed by atoms with Crippen molar-refractivity contribution in [2.24, 2.45) is 0 Å². The van der Waals surface area contributed by atoms with Gasteiger partial charge in [-0.25, -0.2) is 0 Å². The number of unbranched alkanes of at least 4 members (excludes halogenated alkanes) is 2. The van der Waals surface area contributed by atoms with E-state index in [2.05, 4.69) is 16.9 Å². The number of thiazole rings is 1. The number of nitrogens with one attached hydrogen (secondary N) is 1. The van der Waals surface area contributed by atoms with Crippen LogP contribution in [-0.2, 0) is 22.4 Å². The van der Waals surface area contributed by atoms with E-state index in [0.717, 1.165) is 53.8 Å². The lowest BCUT2D eigenvalue weighted by molar-refractivity contribution is -0.151. The van der Waals surface area contributed by atoms with Crippen molar-refractivity contribution in [2.75, 3.05) is 6.61 Å². The number of aromatic amines is 1. The Morgan fingerprint density at radius 3 is 2.55 bits per heavy atom. The van der Waals surface area contributed by atoms with Crippen LogP contribution in [0.5, 0.6) is 11.6 Å². The standard InChI is InChI=1S/C25H30N2O5S/c1-3-5-6-7-23(28)32-21(18-10-11-19(4-2)26-15-18)16-31-20-12-8-17(9-13-20)14-22-24(29)27-25(30)33-22/h8-13,15,21,29H,3-7,14,16H2,1-2H3,(H,27,30)/t21-/m0/s1. The first-order chi connectivity index (χ1) is 16.0. The van der Waals surface area contributed by atoms with Gasteiger partial charge < -0.3 is 14.6 Å². The van der Waals surface area contributed by atoms with Crippen LogP contribution in [0, 0.1) is 0 Å². The van der Waals surface area contributed by atoms with E-state index in [1.807, 2.05) is 43.3 Å². The lowest BCUT2D eigenvalue weighted by Crippen LogP contribution is -2.18. The largest absolute Gasteiger partial charge is 0.494 e. The second-order valence-corrected chi connectivity index (χ2v) is 8.86. The van der Waals surface area contributed by atoms with Gasteiger partial charge in [-0.15, -0.1) is 0 Å². The minimum atomic E-state index is -0.550. The molecule has 2 N–H and O–H groups in total. The highest BCUT2D eigenvalue weighted by Crippen LogP contribution is 2.24. The first kappa shape index (κ1) is 24.5. The fourth-order valence-electron chi connectivity index (χ4n) is 3.30. The van der Waals surface area contributed by atoms with E-state index in [-0.39, 0.29) is 23.3 Å². The number of hydrogen-bond acceptors (Lipinski definition) is 7. The Balaban J connectivity index is 1.64. The Labute approximate surface area is 197 Å². The molecule has 0 aliphatic heterocycles. The molecule has 0 aliphatic carbocycles. The SMILES string of the molecule is CCCCCC(=O)O[C@@H](COc1ccc(Cc2sc(=O)[nH]c2O)cc1)c1ccc(CC)nc1. The maximum Gasteiger partial charge on any atom is 0.307 e. The number of aryl methyl sites for hydroxylation is 1. The number of rotatable bonds is 12. The lowest BCUT2D eigenvalue weighted by atomic mass is 10.1. The Morgan fingerprint density at radius 1 is 1.15 bits per heavy atom. The highest BCUT2D eigenvalue weighted by molar-refractivity contribution is 7.09. The van der Waals surface area contributed by atoms with Gasteiger partial charge in [0.15, 0.2) is 6.10 Å². The summed E-state index contributed by atoms with van der Waals surface area (Å²) in [5, 5.41) is 9.76. The molecule has 0 saturated heterocycles. The summed E-state index contributed by atoms with van der Waals surface area (Å²) in [6, 6.07) is 11.3. The first-order valence-corrected chi connectivity index (χ1v) is 12.1. The molecule has 3 aromatic rings. The number of esters is 1.